The number of anilines is 2. The number of pyridine rings is 2. The molecule has 0 aromatic carbocycles. The maximum Gasteiger partial charge on any atom is 0.138 e. The van der Waals surface area contributed by atoms with E-state index in [1.165, 1.54) is 12.8 Å². The Morgan fingerprint density at radius 1 is 1.23 bits per heavy atom. The van der Waals surface area contributed by atoms with Crippen molar-refractivity contribution in [2.24, 2.45) is 0 Å². The van der Waals surface area contributed by atoms with Crippen LogP contribution in [0, 0.1) is 11.3 Å². The Hall–Kier alpha value is -2.47. The number of rotatable bonds is 6. The van der Waals surface area contributed by atoms with Crippen LogP contribution in [0.15, 0.2) is 24.4 Å². The fourth-order valence-corrected chi connectivity index (χ4v) is 5.73. The Morgan fingerprint density at radius 3 is 2.74 bits per heavy atom. The number of nitrogens with one attached hydrogen (secondary N) is 4. The first-order valence-corrected chi connectivity index (χ1v) is 11.5. The second-order valence-corrected chi connectivity index (χ2v) is 9.40. The lowest BCUT2D eigenvalue weighted by atomic mass is 9.95. The Kier molecular flexibility index (Phi) is 5.65. The van der Waals surface area contributed by atoms with Gasteiger partial charge in [-0.3, -0.25) is 15.3 Å². The summed E-state index contributed by atoms with van der Waals surface area (Å²) >= 11 is 0. The van der Waals surface area contributed by atoms with Crippen LogP contribution in [-0.4, -0.2) is 51.2 Å². The molecule has 8 nitrogen and oxygen atoms in total. The molecule has 0 aliphatic carbocycles. The predicted molar refractivity (Wildman–Crippen MR) is 122 cm³/mol. The quantitative estimate of drug-likeness (QED) is 0.566. The molecule has 5 heterocycles. The summed E-state index contributed by atoms with van der Waals surface area (Å²) in [5.74, 6) is 1.75. The van der Waals surface area contributed by atoms with Crippen LogP contribution >= 0.6 is 0 Å². The average molecular weight is 421 g/mol. The molecule has 0 spiro atoms. The van der Waals surface area contributed by atoms with E-state index in [9.17, 15) is 0 Å². The van der Waals surface area contributed by atoms with Gasteiger partial charge in [-0.1, -0.05) is 0 Å². The first-order valence-electron chi connectivity index (χ1n) is 11.5. The molecule has 3 aliphatic rings. The van der Waals surface area contributed by atoms with Crippen molar-refractivity contribution in [2.75, 3.05) is 10.6 Å². The summed E-state index contributed by atoms with van der Waals surface area (Å²) in [6.07, 6.45) is 8.24. The van der Waals surface area contributed by atoms with Crippen LogP contribution in [0.25, 0.3) is 10.9 Å². The number of piperidine rings is 1. The molecule has 5 rings (SSSR count). The Morgan fingerprint density at radius 2 is 2.03 bits per heavy atom. The molecule has 2 aromatic rings. The molecule has 2 aromatic heterocycles. The second kappa shape index (κ2) is 8.58. The van der Waals surface area contributed by atoms with Crippen LogP contribution in [0.3, 0.4) is 0 Å². The largest absolute Gasteiger partial charge is 0.367 e. The van der Waals surface area contributed by atoms with E-state index in [4.69, 9.17) is 10.2 Å². The van der Waals surface area contributed by atoms with Crippen LogP contribution in [0.1, 0.15) is 52.4 Å². The number of fused-ring (bicyclic) bond motifs is 3. The third-order valence-electron chi connectivity index (χ3n) is 7.04. The van der Waals surface area contributed by atoms with Gasteiger partial charge in [-0.05, 0) is 58.1 Å². The van der Waals surface area contributed by atoms with Crippen LogP contribution in [0.2, 0.25) is 0 Å². The van der Waals surface area contributed by atoms with Gasteiger partial charge in [0, 0.05) is 47.9 Å². The maximum absolute atomic E-state index is 9.13. The monoisotopic (exact) mass is 420 g/mol. The number of hydrogen-bond acceptors (Lipinski definition) is 8. The summed E-state index contributed by atoms with van der Waals surface area (Å²) in [4.78, 5) is 12.1. The van der Waals surface area contributed by atoms with Crippen molar-refractivity contribution in [2.45, 2.75) is 88.7 Å². The lowest BCUT2D eigenvalue weighted by molar-refractivity contribution is 0.0911. The van der Waals surface area contributed by atoms with Gasteiger partial charge in [-0.15, -0.1) is 0 Å². The van der Waals surface area contributed by atoms with E-state index in [0.717, 1.165) is 41.8 Å². The summed E-state index contributed by atoms with van der Waals surface area (Å²) in [5.41, 5.74) is 7.48. The summed E-state index contributed by atoms with van der Waals surface area (Å²) in [7, 11) is 0. The molecule has 6 atom stereocenters. The number of aromatic nitrogens is 2. The van der Waals surface area contributed by atoms with Gasteiger partial charge in [0.15, 0.2) is 0 Å². The highest BCUT2D eigenvalue weighted by Crippen LogP contribution is 2.39. The number of hydrazine groups is 1. The molecule has 4 N–H and O–H groups in total. The average Bonchev–Trinajstić information content (AvgIpc) is 3.28. The van der Waals surface area contributed by atoms with Crippen molar-refractivity contribution < 1.29 is 0 Å². The van der Waals surface area contributed by atoms with Gasteiger partial charge in [0.25, 0.3) is 0 Å². The lowest BCUT2D eigenvalue weighted by Gasteiger charge is -2.42. The Labute approximate surface area is 183 Å². The summed E-state index contributed by atoms with van der Waals surface area (Å²) in [6, 6.07) is 10.7. The van der Waals surface area contributed by atoms with Crippen LogP contribution in [-0.2, 0) is 0 Å². The normalized spacial score (nSPS) is 31.5. The first kappa shape index (κ1) is 20.4. The summed E-state index contributed by atoms with van der Waals surface area (Å²) in [6.45, 7) is 4.36. The molecular weight excluding hydrogens is 388 g/mol. The van der Waals surface area contributed by atoms with Crippen molar-refractivity contribution in [3.8, 4) is 6.07 Å². The predicted octanol–water partition coefficient (Wildman–Crippen LogP) is 2.96. The standard InChI is InChI=1S/C23H32N8/c1-14-10-22(30-29-14)27-21-13-20-19(4-3-9-25-20)23(28-21)26-16-11-17-5-6-18(12-16)31(17)15(2)7-8-24/h3-4,9,13-18,22,29-30H,5-7,10-12H2,1-2H3,(H2,26,27,28)/t14?,15?,16?,17-,18+,22?. The number of nitriles is 1. The number of hydrogen-bond donors (Lipinski definition) is 4. The molecule has 3 fully saturated rings. The van der Waals surface area contributed by atoms with Gasteiger partial charge in [-0.2, -0.15) is 5.26 Å². The van der Waals surface area contributed by atoms with Crippen molar-refractivity contribution >= 4 is 22.5 Å². The van der Waals surface area contributed by atoms with E-state index < -0.39 is 0 Å². The minimum atomic E-state index is 0.150. The molecule has 2 bridgehead atoms. The molecule has 3 saturated heterocycles. The third-order valence-corrected chi connectivity index (χ3v) is 7.04. The molecule has 164 valence electrons. The second-order valence-electron chi connectivity index (χ2n) is 9.40. The SMILES string of the molecule is CC1CC(Nc2cc3ncccc3c(NC3C[C@H]4CC[C@@H](C3)N4C(C)CC#N)n2)NN1. The van der Waals surface area contributed by atoms with Crippen LogP contribution in [0.4, 0.5) is 11.6 Å². The molecule has 0 amide bonds. The zero-order chi connectivity index (χ0) is 21.4. The highest BCUT2D eigenvalue weighted by molar-refractivity contribution is 5.91. The zero-order valence-corrected chi connectivity index (χ0v) is 18.3. The van der Waals surface area contributed by atoms with Crippen LogP contribution in [0.5, 0.6) is 0 Å². The molecule has 3 aliphatic heterocycles. The van der Waals surface area contributed by atoms with Gasteiger partial charge in [0.1, 0.15) is 11.6 Å². The van der Waals surface area contributed by atoms with E-state index in [2.05, 4.69) is 57.4 Å². The van der Waals surface area contributed by atoms with E-state index in [-0.39, 0.29) is 6.17 Å². The topological polar surface area (TPSA) is 101 Å². The highest BCUT2D eigenvalue weighted by atomic mass is 15.5. The lowest BCUT2D eigenvalue weighted by Crippen LogP contribution is -2.50. The van der Waals surface area contributed by atoms with Crippen molar-refractivity contribution in [3.05, 3.63) is 24.4 Å². The first-order chi connectivity index (χ1) is 15.1. The van der Waals surface area contributed by atoms with Gasteiger partial charge >= 0.3 is 0 Å². The van der Waals surface area contributed by atoms with Crippen molar-refractivity contribution in [1.29, 1.82) is 5.26 Å². The van der Waals surface area contributed by atoms with Gasteiger partial charge in [0.05, 0.1) is 24.2 Å². The van der Waals surface area contributed by atoms with E-state index in [1.807, 2.05) is 18.3 Å². The zero-order valence-electron chi connectivity index (χ0n) is 18.3. The van der Waals surface area contributed by atoms with Gasteiger partial charge in [-0.25, -0.2) is 10.4 Å². The fraction of sp³-hybridized carbons (Fsp3) is 0.609. The Bertz CT molecular complexity index is 958. The van der Waals surface area contributed by atoms with Crippen molar-refractivity contribution in [1.82, 2.24) is 25.7 Å². The van der Waals surface area contributed by atoms with E-state index >= 15 is 0 Å². The third kappa shape index (κ3) is 4.18. The number of nitrogens with zero attached hydrogens (tertiary/aromatic N) is 4. The van der Waals surface area contributed by atoms with Gasteiger partial charge < -0.3 is 10.6 Å². The van der Waals surface area contributed by atoms with Gasteiger partial charge in [0.2, 0.25) is 0 Å². The molecule has 0 saturated carbocycles. The fourth-order valence-electron chi connectivity index (χ4n) is 5.73. The molecule has 0 radical (unpaired) electrons. The molecule has 8 heteroatoms. The highest BCUT2D eigenvalue weighted by Gasteiger charge is 2.42. The minimum absolute atomic E-state index is 0.150. The van der Waals surface area contributed by atoms with Crippen molar-refractivity contribution in [3.63, 3.8) is 0 Å². The summed E-state index contributed by atoms with van der Waals surface area (Å²) in [5, 5.41) is 17.5. The Balaban J connectivity index is 1.35. The smallest absolute Gasteiger partial charge is 0.138 e. The maximum atomic E-state index is 9.13. The summed E-state index contributed by atoms with van der Waals surface area (Å²) < 4.78 is 0. The van der Waals surface area contributed by atoms with E-state index in [0.29, 0.717) is 36.6 Å². The molecular formula is C23H32N8. The minimum Gasteiger partial charge on any atom is -0.367 e. The van der Waals surface area contributed by atoms with Crippen LogP contribution < -0.4 is 21.5 Å². The molecule has 31 heavy (non-hydrogen) atoms. The van der Waals surface area contributed by atoms with E-state index in [1.54, 1.807) is 0 Å². The molecule has 4 unspecified atom stereocenters.